The molecule has 2 heteroatoms. The molecule has 136 valence electrons. The van der Waals surface area contributed by atoms with Gasteiger partial charge in [0.25, 0.3) is 0 Å². The van der Waals surface area contributed by atoms with Crippen molar-refractivity contribution in [2.75, 3.05) is 4.90 Å². The first kappa shape index (κ1) is 17.5. The van der Waals surface area contributed by atoms with Crippen LogP contribution < -0.4 is 4.90 Å². The number of benzene rings is 3. The zero-order chi connectivity index (χ0) is 18.8. The maximum absolute atomic E-state index is 13.2. The van der Waals surface area contributed by atoms with Gasteiger partial charge in [-0.05, 0) is 43.0 Å². The number of fused-ring (bicyclic) bond motifs is 1. The van der Waals surface area contributed by atoms with Crippen molar-refractivity contribution in [1.29, 1.82) is 0 Å². The molecular formula is C25H25NO. The second-order valence-corrected chi connectivity index (χ2v) is 7.54. The van der Waals surface area contributed by atoms with E-state index in [4.69, 9.17) is 0 Å². The van der Waals surface area contributed by atoms with Crippen molar-refractivity contribution < 1.29 is 4.79 Å². The average molecular weight is 355 g/mol. The summed E-state index contributed by atoms with van der Waals surface area (Å²) in [4.78, 5) is 15.2. The summed E-state index contributed by atoms with van der Waals surface area (Å²) in [6.07, 6.45) is 1.38. The van der Waals surface area contributed by atoms with Gasteiger partial charge in [0.2, 0.25) is 5.91 Å². The summed E-state index contributed by atoms with van der Waals surface area (Å²) < 4.78 is 0. The highest BCUT2D eigenvalue weighted by molar-refractivity contribution is 5.97. The number of anilines is 1. The number of amides is 1. The lowest BCUT2D eigenvalue weighted by molar-refractivity contribution is -0.118. The molecule has 0 saturated heterocycles. The van der Waals surface area contributed by atoms with E-state index in [1.54, 1.807) is 0 Å². The van der Waals surface area contributed by atoms with Crippen molar-refractivity contribution in [2.24, 2.45) is 0 Å². The van der Waals surface area contributed by atoms with Crippen LogP contribution in [-0.4, -0.2) is 11.9 Å². The molecule has 0 spiro atoms. The normalized spacial score (nSPS) is 18.8. The topological polar surface area (TPSA) is 20.3 Å². The SMILES string of the molecule is Cc1ccc2c(c1)[C@H](c1ccccc1)C[C@@H](C)N2C(=O)Cc1ccccc1. The predicted molar refractivity (Wildman–Crippen MR) is 111 cm³/mol. The Bertz CT molecular complexity index is 933. The minimum absolute atomic E-state index is 0.168. The third-order valence-electron chi connectivity index (χ3n) is 5.50. The smallest absolute Gasteiger partial charge is 0.231 e. The van der Waals surface area contributed by atoms with Crippen molar-refractivity contribution >= 4 is 11.6 Å². The number of aryl methyl sites for hydroxylation is 1. The minimum atomic E-state index is 0.168. The van der Waals surface area contributed by atoms with Crippen LogP contribution in [0.15, 0.2) is 78.9 Å². The van der Waals surface area contributed by atoms with Crippen molar-refractivity contribution in [3.63, 3.8) is 0 Å². The molecule has 2 atom stereocenters. The van der Waals surface area contributed by atoms with Gasteiger partial charge in [0.15, 0.2) is 0 Å². The zero-order valence-corrected chi connectivity index (χ0v) is 15.9. The lowest BCUT2D eigenvalue weighted by atomic mass is 9.80. The Kier molecular flexibility index (Phi) is 4.81. The Morgan fingerprint density at radius 3 is 2.33 bits per heavy atom. The van der Waals surface area contributed by atoms with Crippen LogP contribution in [0.2, 0.25) is 0 Å². The standard InChI is InChI=1S/C25H25NO/c1-18-13-14-24-23(15-18)22(21-11-7-4-8-12-21)16-19(2)26(24)25(27)17-20-9-5-3-6-10-20/h3-15,19,22H,16-17H2,1-2H3/t19-,22+/m1/s1. The molecule has 0 unspecified atom stereocenters. The molecule has 27 heavy (non-hydrogen) atoms. The summed E-state index contributed by atoms with van der Waals surface area (Å²) in [6, 6.07) is 27.3. The van der Waals surface area contributed by atoms with Gasteiger partial charge in [-0.3, -0.25) is 4.79 Å². The molecule has 4 rings (SSSR count). The van der Waals surface area contributed by atoms with Gasteiger partial charge in [-0.2, -0.15) is 0 Å². The number of carbonyl (C=O) groups excluding carboxylic acids is 1. The number of hydrogen-bond acceptors (Lipinski definition) is 1. The lowest BCUT2D eigenvalue weighted by Gasteiger charge is -2.40. The fraction of sp³-hybridized carbons (Fsp3) is 0.240. The van der Waals surface area contributed by atoms with Gasteiger partial charge in [-0.15, -0.1) is 0 Å². The molecule has 0 aromatic heterocycles. The van der Waals surface area contributed by atoms with E-state index in [1.807, 2.05) is 35.2 Å². The molecule has 1 aliphatic rings. The van der Waals surface area contributed by atoms with Crippen LogP contribution in [0.25, 0.3) is 0 Å². The Morgan fingerprint density at radius 2 is 1.63 bits per heavy atom. The third-order valence-corrected chi connectivity index (χ3v) is 5.50. The second-order valence-electron chi connectivity index (χ2n) is 7.54. The number of nitrogens with zero attached hydrogens (tertiary/aromatic N) is 1. The lowest BCUT2D eigenvalue weighted by Crippen LogP contribution is -2.44. The number of carbonyl (C=O) groups is 1. The second kappa shape index (κ2) is 7.40. The van der Waals surface area contributed by atoms with Crippen LogP contribution in [0.3, 0.4) is 0 Å². The van der Waals surface area contributed by atoms with E-state index in [9.17, 15) is 4.79 Å². The van der Waals surface area contributed by atoms with Crippen molar-refractivity contribution in [1.82, 2.24) is 0 Å². The highest BCUT2D eigenvalue weighted by atomic mass is 16.2. The predicted octanol–water partition coefficient (Wildman–Crippen LogP) is 5.49. The van der Waals surface area contributed by atoms with E-state index >= 15 is 0 Å². The molecule has 2 nitrogen and oxygen atoms in total. The monoisotopic (exact) mass is 355 g/mol. The Morgan fingerprint density at radius 1 is 0.963 bits per heavy atom. The summed E-state index contributed by atoms with van der Waals surface area (Å²) in [6.45, 7) is 4.29. The molecule has 0 saturated carbocycles. The zero-order valence-electron chi connectivity index (χ0n) is 15.9. The van der Waals surface area contributed by atoms with E-state index in [-0.39, 0.29) is 11.9 Å². The van der Waals surface area contributed by atoms with Gasteiger partial charge in [0.05, 0.1) is 6.42 Å². The van der Waals surface area contributed by atoms with Gasteiger partial charge >= 0.3 is 0 Å². The highest BCUT2D eigenvalue weighted by Crippen LogP contribution is 2.42. The molecule has 1 aliphatic heterocycles. The van der Waals surface area contributed by atoms with Crippen molar-refractivity contribution in [3.8, 4) is 0 Å². The first-order valence-electron chi connectivity index (χ1n) is 9.65. The highest BCUT2D eigenvalue weighted by Gasteiger charge is 2.34. The molecule has 1 amide bonds. The Hall–Kier alpha value is -2.87. The van der Waals surface area contributed by atoms with E-state index in [1.165, 1.54) is 16.7 Å². The molecule has 0 bridgehead atoms. The van der Waals surface area contributed by atoms with Crippen molar-refractivity contribution in [3.05, 3.63) is 101 Å². The Labute approximate surface area is 161 Å². The third kappa shape index (κ3) is 3.52. The van der Waals surface area contributed by atoms with E-state index in [0.717, 1.165) is 17.7 Å². The molecule has 0 fully saturated rings. The van der Waals surface area contributed by atoms with Gasteiger partial charge in [-0.25, -0.2) is 0 Å². The summed E-state index contributed by atoms with van der Waals surface area (Å²) in [5.74, 6) is 0.502. The van der Waals surface area contributed by atoms with Crippen LogP contribution in [0.4, 0.5) is 5.69 Å². The summed E-state index contributed by atoms with van der Waals surface area (Å²) in [5, 5.41) is 0. The maximum atomic E-state index is 13.2. The van der Waals surface area contributed by atoms with E-state index < -0.39 is 0 Å². The van der Waals surface area contributed by atoms with Crippen LogP contribution >= 0.6 is 0 Å². The molecule has 0 N–H and O–H groups in total. The van der Waals surface area contributed by atoms with E-state index in [2.05, 4.69) is 62.4 Å². The molecule has 3 aromatic rings. The van der Waals surface area contributed by atoms with Gasteiger partial charge in [-0.1, -0.05) is 78.4 Å². The van der Waals surface area contributed by atoms with E-state index in [0.29, 0.717) is 12.3 Å². The van der Waals surface area contributed by atoms with Crippen LogP contribution in [0, 0.1) is 6.92 Å². The Balaban J connectivity index is 1.72. The van der Waals surface area contributed by atoms with Gasteiger partial charge < -0.3 is 4.90 Å². The van der Waals surface area contributed by atoms with Crippen LogP contribution in [-0.2, 0) is 11.2 Å². The number of hydrogen-bond donors (Lipinski definition) is 0. The first-order valence-corrected chi connectivity index (χ1v) is 9.65. The average Bonchev–Trinajstić information content (AvgIpc) is 2.69. The summed E-state index contributed by atoms with van der Waals surface area (Å²) in [7, 11) is 0. The van der Waals surface area contributed by atoms with Gasteiger partial charge in [0, 0.05) is 17.6 Å². The maximum Gasteiger partial charge on any atom is 0.231 e. The summed E-state index contributed by atoms with van der Waals surface area (Å²) >= 11 is 0. The molecule has 0 aliphatic carbocycles. The van der Waals surface area contributed by atoms with Crippen LogP contribution in [0.5, 0.6) is 0 Å². The first-order chi connectivity index (χ1) is 13.1. The van der Waals surface area contributed by atoms with Gasteiger partial charge in [0.1, 0.15) is 0 Å². The fourth-order valence-corrected chi connectivity index (χ4v) is 4.22. The summed E-state index contributed by atoms with van der Waals surface area (Å²) in [5.41, 5.74) is 5.95. The van der Waals surface area contributed by atoms with Crippen molar-refractivity contribution in [2.45, 2.75) is 38.6 Å². The molecule has 3 aromatic carbocycles. The quantitative estimate of drug-likeness (QED) is 0.608. The molecule has 1 heterocycles. The molecular weight excluding hydrogens is 330 g/mol. The molecule has 0 radical (unpaired) electrons. The fourth-order valence-electron chi connectivity index (χ4n) is 4.22. The van der Waals surface area contributed by atoms with Crippen LogP contribution in [0.1, 0.15) is 41.5 Å². The minimum Gasteiger partial charge on any atom is -0.309 e. The number of rotatable bonds is 3. The largest absolute Gasteiger partial charge is 0.309 e.